The normalized spacial score (nSPS) is 21.0. The van der Waals surface area contributed by atoms with E-state index in [0.29, 0.717) is 37.6 Å². The Morgan fingerprint density at radius 2 is 2.12 bits per heavy atom. The Bertz CT molecular complexity index is 1160. The quantitative estimate of drug-likeness (QED) is 0.642. The van der Waals surface area contributed by atoms with Crippen LogP contribution in [0.4, 0.5) is 20.7 Å². The van der Waals surface area contributed by atoms with E-state index in [0.717, 1.165) is 0 Å². The zero-order chi connectivity index (χ0) is 24.1. The first-order chi connectivity index (χ1) is 16.5. The van der Waals surface area contributed by atoms with Gasteiger partial charge in [-0.2, -0.15) is 14.6 Å². The topological polar surface area (TPSA) is 110 Å². The van der Waals surface area contributed by atoms with Gasteiger partial charge in [-0.15, -0.1) is 5.92 Å². The van der Waals surface area contributed by atoms with E-state index in [1.165, 1.54) is 12.4 Å². The minimum atomic E-state index is -0.776. The van der Waals surface area contributed by atoms with Gasteiger partial charge in [-0.1, -0.05) is 17.5 Å². The van der Waals surface area contributed by atoms with Crippen LogP contribution in [-0.4, -0.2) is 60.0 Å². The molecule has 0 aliphatic carbocycles. The number of benzene rings is 1. The number of carbonyl (C=O) groups excluding carboxylic acids is 1. The molecule has 1 N–H and O–H groups in total. The van der Waals surface area contributed by atoms with Crippen LogP contribution in [0.15, 0.2) is 24.5 Å². The highest BCUT2D eigenvalue weighted by Gasteiger charge is 2.44. The minimum Gasteiger partial charge on any atom is -0.471 e. The van der Waals surface area contributed by atoms with Gasteiger partial charge in [-0.25, -0.2) is 9.78 Å². The maximum atomic E-state index is 15.2. The number of carbonyl (C=O) groups is 1. The molecule has 2 aliphatic rings. The molecule has 0 radical (unpaired) electrons. The van der Waals surface area contributed by atoms with Crippen LogP contribution in [0.25, 0.3) is 0 Å². The third-order valence-electron chi connectivity index (χ3n) is 5.56. The van der Waals surface area contributed by atoms with Crippen molar-refractivity contribution in [3.8, 4) is 23.8 Å². The number of ether oxygens (including phenoxy) is 3. The minimum absolute atomic E-state index is 0.0305. The molecule has 2 fully saturated rings. The highest BCUT2D eigenvalue weighted by Crippen LogP contribution is 2.34. The molecule has 2 aliphatic heterocycles. The molecular formula is C23H21ClFN5O4. The van der Waals surface area contributed by atoms with E-state index in [-0.39, 0.29) is 35.2 Å². The largest absolute Gasteiger partial charge is 0.471 e. The van der Waals surface area contributed by atoms with E-state index in [9.17, 15) is 4.79 Å². The summed E-state index contributed by atoms with van der Waals surface area (Å²) >= 11 is 6.18. The number of anilines is 2. The van der Waals surface area contributed by atoms with Crippen molar-refractivity contribution in [1.82, 2.24) is 14.9 Å². The Hall–Kier alpha value is -3.60. The Labute approximate surface area is 200 Å². The standard InChI is InChI=1S/C23H21ClFN5O4/c1-2-3-6-33-23(31)30-9-15-11-32-12-16(10-30)20(15)34-22-19(25)21(27-13-28-22)29-18-5-4-14(8-26)7-17(18)24/h4-5,7,13,15-16,20H,6,9-12H2,1H3,(H,27,28,29). The van der Waals surface area contributed by atoms with Gasteiger partial charge in [0, 0.05) is 24.9 Å². The van der Waals surface area contributed by atoms with E-state index in [4.69, 9.17) is 31.1 Å². The van der Waals surface area contributed by atoms with Crippen molar-refractivity contribution < 1.29 is 23.4 Å². The van der Waals surface area contributed by atoms with E-state index in [1.807, 2.05) is 6.07 Å². The summed E-state index contributed by atoms with van der Waals surface area (Å²) in [6.45, 7) is 3.11. The molecule has 3 heterocycles. The van der Waals surface area contributed by atoms with Crippen LogP contribution < -0.4 is 10.1 Å². The third kappa shape index (κ3) is 5.14. The van der Waals surface area contributed by atoms with Crippen LogP contribution in [0.1, 0.15) is 12.5 Å². The molecule has 0 spiro atoms. The first kappa shape index (κ1) is 23.6. The lowest BCUT2D eigenvalue weighted by atomic mass is 9.84. The monoisotopic (exact) mass is 485 g/mol. The lowest BCUT2D eigenvalue weighted by Crippen LogP contribution is -2.58. The summed E-state index contributed by atoms with van der Waals surface area (Å²) in [4.78, 5) is 21.9. The van der Waals surface area contributed by atoms with Crippen molar-refractivity contribution in [2.45, 2.75) is 13.0 Å². The summed E-state index contributed by atoms with van der Waals surface area (Å²) < 4.78 is 32.0. The number of hydrogen-bond acceptors (Lipinski definition) is 8. The molecule has 1 aromatic carbocycles. The smallest absolute Gasteiger partial charge is 0.410 e. The average Bonchev–Trinajstić information content (AvgIpc) is 2.82. The predicted molar refractivity (Wildman–Crippen MR) is 120 cm³/mol. The van der Waals surface area contributed by atoms with Crippen molar-refractivity contribution in [3.63, 3.8) is 0 Å². The molecule has 11 heteroatoms. The van der Waals surface area contributed by atoms with E-state index < -0.39 is 18.0 Å². The Balaban J connectivity index is 1.47. The molecule has 2 atom stereocenters. The lowest BCUT2D eigenvalue weighted by Gasteiger charge is -2.45. The van der Waals surface area contributed by atoms with Crippen molar-refractivity contribution in [3.05, 3.63) is 40.9 Å². The lowest BCUT2D eigenvalue weighted by molar-refractivity contribution is -0.110. The van der Waals surface area contributed by atoms with Gasteiger partial charge in [-0.3, -0.25) is 0 Å². The number of fused-ring (bicyclic) bond motifs is 2. The fourth-order valence-electron chi connectivity index (χ4n) is 3.97. The first-order valence-electron chi connectivity index (χ1n) is 10.5. The van der Waals surface area contributed by atoms with Crippen LogP contribution >= 0.6 is 11.6 Å². The van der Waals surface area contributed by atoms with E-state index >= 15 is 4.39 Å². The van der Waals surface area contributed by atoms with Crippen LogP contribution in [0, 0.1) is 40.8 Å². The van der Waals surface area contributed by atoms with Crippen molar-refractivity contribution >= 4 is 29.2 Å². The average molecular weight is 486 g/mol. The highest BCUT2D eigenvalue weighted by molar-refractivity contribution is 6.33. The Kier molecular flexibility index (Phi) is 7.31. The number of nitriles is 1. The van der Waals surface area contributed by atoms with Crippen molar-refractivity contribution in [2.75, 3.05) is 38.2 Å². The van der Waals surface area contributed by atoms with Gasteiger partial charge in [0.1, 0.15) is 12.4 Å². The fourth-order valence-corrected chi connectivity index (χ4v) is 4.20. The number of hydrogen-bond donors (Lipinski definition) is 1. The van der Waals surface area contributed by atoms with Gasteiger partial charge in [0.15, 0.2) is 12.4 Å². The van der Waals surface area contributed by atoms with Gasteiger partial charge in [0.25, 0.3) is 5.88 Å². The Morgan fingerprint density at radius 1 is 1.35 bits per heavy atom. The molecular weight excluding hydrogens is 465 g/mol. The van der Waals surface area contributed by atoms with Crippen molar-refractivity contribution in [2.24, 2.45) is 11.8 Å². The van der Waals surface area contributed by atoms with Crippen LogP contribution in [-0.2, 0) is 9.47 Å². The van der Waals surface area contributed by atoms with Crippen molar-refractivity contribution in [1.29, 1.82) is 5.26 Å². The van der Waals surface area contributed by atoms with Crippen LogP contribution in [0.3, 0.4) is 0 Å². The zero-order valence-corrected chi connectivity index (χ0v) is 19.0. The van der Waals surface area contributed by atoms with E-state index in [1.54, 1.807) is 24.0 Å². The van der Waals surface area contributed by atoms with Crippen LogP contribution in [0.2, 0.25) is 5.02 Å². The van der Waals surface area contributed by atoms with Gasteiger partial charge in [-0.05, 0) is 25.1 Å². The van der Waals surface area contributed by atoms with Gasteiger partial charge in [0.05, 0.1) is 35.6 Å². The number of amides is 1. The van der Waals surface area contributed by atoms with E-state index in [2.05, 4.69) is 27.1 Å². The summed E-state index contributed by atoms with van der Waals surface area (Å²) in [7, 11) is 0. The molecule has 2 aromatic rings. The molecule has 176 valence electrons. The number of piperidine rings is 1. The summed E-state index contributed by atoms with van der Waals surface area (Å²) in [6, 6.07) is 6.57. The molecule has 2 saturated heterocycles. The number of nitrogens with zero attached hydrogens (tertiary/aromatic N) is 4. The molecule has 9 nitrogen and oxygen atoms in total. The summed E-state index contributed by atoms with van der Waals surface area (Å²) in [5, 5.41) is 12.0. The summed E-state index contributed by atoms with van der Waals surface area (Å²) in [5.41, 5.74) is 0.763. The number of aromatic nitrogens is 2. The molecule has 2 bridgehead atoms. The summed E-state index contributed by atoms with van der Waals surface area (Å²) in [5.74, 6) is 3.90. The van der Waals surface area contributed by atoms with Crippen LogP contribution in [0.5, 0.6) is 5.88 Å². The molecule has 34 heavy (non-hydrogen) atoms. The second kappa shape index (κ2) is 10.6. The van der Waals surface area contributed by atoms with Gasteiger partial charge in [0.2, 0.25) is 5.82 Å². The molecule has 4 rings (SSSR count). The SMILES string of the molecule is CC#CCOC(=O)N1CC2COCC(C1)C2Oc1ncnc(Nc2ccc(C#N)cc2Cl)c1F. The molecule has 0 saturated carbocycles. The predicted octanol–water partition coefficient (Wildman–Crippen LogP) is 3.37. The number of halogens is 2. The maximum absolute atomic E-state index is 15.2. The molecule has 1 amide bonds. The summed E-state index contributed by atoms with van der Waals surface area (Å²) in [6.07, 6.45) is 0.340. The highest BCUT2D eigenvalue weighted by atomic mass is 35.5. The third-order valence-corrected chi connectivity index (χ3v) is 5.87. The zero-order valence-electron chi connectivity index (χ0n) is 18.3. The van der Waals surface area contributed by atoms with Gasteiger partial charge >= 0.3 is 6.09 Å². The molecule has 1 aromatic heterocycles. The van der Waals surface area contributed by atoms with Gasteiger partial charge < -0.3 is 24.4 Å². The Morgan fingerprint density at radius 3 is 2.79 bits per heavy atom. The molecule has 2 unspecified atom stereocenters. The number of rotatable bonds is 5. The number of nitrogens with one attached hydrogen (secondary N) is 1. The maximum Gasteiger partial charge on any atom is 0.410 e. The first-order valence-corrected chi connectivity index (χ1v) is 10.9. The number of likely N-dealkylation sites (tertiary alicyclic amines) is 1. The second-order valence-corrected chi connectivity index (χ2v) is 8.21. The fraction of sp³-hybridized carbons (Fsp3) is 0.391. The second-order valence-electron chi connectivity index (χ2n) is 7.80.